The average Bonchev–Trinajstić information content (AvgIpc) is 3.42. The van der Waals surface area contributed by atoms with Crippen LogP contribution in [0.15, 0.2) is 30.3 Å². The van der Waals surface area contributed by atoms with Crippen molar-refractivity contribution < 1.29 is 27.1 Å². The van der Waals surface area contributed by atoms with Gasteiger partial charge in [-0.05, 0) is 71.8 Å². The molecule has 3 aromatic heterocycles. The molecule has 0 aliphatic carbocycles. The summed E-state index contributed by atoms with van der Waals surface area (Å²) in [7, 11) is -5.62. The lowest BCUT2D eigenvalue weighted by atomic mass is 9.90. The zero-order chi connectivity index (χ0) is 33.4. The van der Waals surface area contributed by atoms with E-state index in [0.717, 1.165) is 16.7 Å². The van der Waals surface area contributed by atoms with Crippen molar-refractivity contribution in [2.75, 3.05) is 37.6 Å². The molecule has 0 aromatic carbocycles. The van der Waals surface area contributed by atoms with Gasteiger partial charge in [-0.25, -0.2) is 18.4 Å². The first kappa shape index (κ1) is 34.7. The van der Waals surface area contributed by atoms with Gasteiger partial charge in [-0.3, -0.25) is 9.69 Å². The molecule has 0 saturated carbocycles. The van der Waals surface area contributed by atoms with E-state index < -0.39 is 22.9 Å². The van der Waals surface area contributed by atoms with Crippen LogP contribution in [0.25, 0.3) is 22.4 Å². The van der Waals surface area contributed by atoms with Crippen LogP contribution in [-0.4, -0.2) is 76.3 Å². The number of fused-ring (bicyclic) bond motifs is 1. The molecule has 1 unspecified atom stereocenters. The van der Waals surface area contributed by atoms with Crippen LogP contribution < -0.4 is 4.90 Å². The first-order chi connectivity index (χ1) is 21.7. The number of pyridine rings is 2. The first-order valence-electron chi connectivity index (χ1n) is 16.6. The van der Waals surface area contributed by atoms with Crippen molar-refractivity contribution in [1.82, 2.24) is 15.0 Å². The van der Waals surface area contributed by atoms with Crippen molar-refractivity contribution in [3.8, 4) is 11.4 Å². The molecule has 1 atom stereocenters. The Kier molecular flexibility index (Phi) is 10.2. The van der Waals surface area contributed by atoms with E-state index in [1.54, 1.807) is 11.0 Å². The number of hydrogen-bond donors (Lipinski definition) is 1. The molecule has 3 aromatic rings. The standard InChI is InChI=1S/C34H50N4O6SSi/c1-9-27-20-43-21-33(39)38(27)32-17-25(34(45(8,40)41)12-14-42-15-13-34)16-30(37-32)29-11-10-28-31(36-29)18-26(35-28)19-44-46(22(2)3,23(4)5)24(6)7/h10-11,16-18,22-24,27,35H,9,12-15,19-21H2,1-8H3. The van der Waals surface area contributed by atoms with Crippen LogP contribution in [0, 0.1) is 0 Å². The number of aromatic amines is 1. The summed E-state index contributed by atoms with van der Waals surface area (Å²) >= 11 is 0. The van der Waals surface area contributed by atoms with Crippen molar-refractivity contribution >= 4 is 40.9 Å². The fourth-order valence-corrected chi connectivity index (χ4v) is 14.7. The molecule has 10 nitrogen and oxygen atoms in total. The van der Waals surface area contributed by atoms with Gasteiger partial charge in [0.2, 0.25) is 8.32 Å². The van der Waals surface area contributed by atoms with Gasteiger partial charge in [-0.2, -0.15) is 0 Å². The Morgan fingerprint density at radius 2 is 1.67 bits per heavy atom. The van der Waals surface area contributed by atoms with Crippen LogP contribution in [0.4, 0.5) is 5.82 Å². The van der Waals surface area contributed by atoms with Gasteiger partial charge in [-0.1, -0.05) is 48.5 Å². The molecule has 252 valence electrons. The van der Waals surface area contributed by atoms with Gasteiger partial charge in [0.1, 0.15) is 17.2 Å². The van der Waals surface area contributed by atoms with E-state index in [-0.39, 0.29) is 18.6 Å². The van der Waals surface area contributed by atoms with Gasteiger partial charge >= 0.3 is 0 Å². The Morgan fingerprint density at radius 1 is 1.00 bits per heavy atom. The topological polar surface area (TPSA) is 124 Å². The number of carbonyl (C=O) groups excluding carboxylic acids is 1. The SMILES string of the molecule is CCC1COCC(=O)N1c1cc(C2(S(C)(=O)=O)CCOCC2)cc(-c2ccc3[nH]c(CO[Si](C(C)C)(C(C)C)C(C)C)cc3n2)n1. The maximum atomic E-state index is 13.5. The number of aromatic nitrogens is 3. The molecule has 2 fully saturated rings. The van der Waals surface area contributed by atoms with Crippen LogP contribution in [0.5, 0.6) is 0 Å². The third-order valence-corrected chi connectivity index (χ3v) is 18.3. The van der Waals surface area contributed by atoms with E-state index in [4.69, 9.17) is 23.9 Å². The molecule has 46 heavy (non-hydrogen) atoms. The third-order valence-electron chi connectivity index (χ3n) is 10.2. The number of morpholine rings is 1. The molecule has 1 amide bonds. The Hall–Kier alpha value is -2.64. The second-order valence-electron chi connectivity index (χ2n) is 13.8. The Balaban J connectivity index is 1.59. The number of H-pyrrole nitrogens is 1. The van der Waals surface area contributed by atoms with E-state index in [2.05, 4.69) is 46.5 Å². The minimum absolute atomic E-state index is 0.0459. The van der Waals surface area contributed by atoms with E-state index in [1.807, 2.05) is 31.2 Å². The molecule has 2 aliphatic rings. The predicted molar refractivity (Wildman–Crippen MR) is 184 cm³/mol. The second-order valence-corrected chi connectivity index (χ2v) is 21.6. The quantitative estimate of drug-likeness (QED) is 0.229. The van der Waals surface area contributed by atoms with Gasteiger partial charge in [0.15, 0.2) is 9.84 Å². The number of hydrogen-bond acceptors (Lipinski definition) is 8. The number of sulfone groups is 1. The third kappa shape index (κ3) is 6.31. The van der Waals surface area contributed by atoms with Crippen LogP contribution in [0.3, 0.4) is 0 Å². The Morgan fingerprint density at radius 3 is 2.28 bits per heavy atom. The van der Waals surface area contributed by atoms with E-state index in [9.17, 15) is 13.2 Å². The van der Waals surface area contributed by atoms with E-state index in [0.29, 0.717) is 85.1 Å². The number of nitrogens with zero attached hydrogens (tertiary/aromatic N) is 3. The lowest BCUT2D eigenvalue weighted by molar-refractivity contribution is -0.127. The highest BCUT2D eigenvalue weighted by molar-refractivity contribution is 7.91. The highest BCUT2D eigenvalue weighted by Crippen LogP contribution is 2.44. The maximum absolute atomic E-state index is 13.5. The number of nitrogens with one attached hydrogen (secondary N) is 1. The van der Waals surface area contributed by atoms with Gasteiger partial charge in [0, 0.05) is 25.2 Å². The molecule has 5 heterocycles. The Bertz CT molecular complexity index is 1640. The van der Waals surface area contributed by atoms with Gasteiger partial charge in [0.05, 0.1) is 41.7 Å². The lowest BCUT2D eigenvalue weighted by Crippen LogP contribution is -2.50. The molecule has 0 radical (unpaired) electrons. The molecule has 5 rings (SSSR count). The lowest BCUT2D eigenvalue weighted by Gasteiger charge is -2.42. The van der Waals surface area contributed by atoms with E-state index in [1.165, 1.54) is 6.26 Å². The summed E-state index contributed by atoms with van der Waals surface area (Å²) < 4.78 is 43.7. The summed E-state index contributed by atoms with van der Waals surface area (Å²) in [5.41, 5.74) is 5.77. The second kappa shape index (κ2) is 13.5. The van der Waals surface area contributed by atoms with Crippen molar-refractivity contribution in [3.05, 3.63) is 41.6 Å². The van der Waals surface area contributed by atoms with Crippen LogP contribution in [-0.2, 0) is 39.9 Å². The summed E-state index contributed by atoms with van der Waals surface area (Å²) in [4.78, 5) is 28.3. The minimum Gasteiger partial charge on any atom is -0.410 e. The molecular formula is C34H50N4O6SSi. The van der Waals surface area contributed by atoms with Gasteiger partial charge in [-0.15, -0.1) is 0 Å². The van der Waals surface area contributed by atoms with Crippen molar-refractivity contribution in [2.24, 2.45) is 0 Å². The monoisotopic (exact) mass is 670 g/mol. The normalized spacial score (nSPS) is 19.6. The largest absolute Gasteiger partial charge is 0.410 e. The summed E-state index contributed by atoms with van der Waals surface area (Å²) in [6, 6.07) is 9.30. The molecule has 2 saturated heterocycles. The predicted octanol–water partition coefficient (Wildman–Crippen LogP) is 6.51. The van der Waals surface area contributed by atoms with Crippen molar-refractivity contribution in [2.45, 2.75) is 102 Å². The van der Waals surface area contributed by atoms with Crippen molar-refractivity contribution in [3.63, 3.8) is 0 Å². The Labute approximate surface area is 274 Å². The molecule has 1 N–H and O–H groups in total. The maximum Gasteiger partial charge on any atom is 0.254 e. The minimum atomic E-state index is -3.56. The summed E-state index contributed by atoms with van der Waals surface area (Å²) in [5.74, 6) is 0.223. The number of amides is 1. The molecular weight excluding hydrogens is 621 g/mol. The molecule has 0 bridgehead atoms. The number of anilines is 1. The highest BCUT2D eigenvalue weighted by Gasteiger charge is 2.46. The van der Waals surface area contributed by atoms with Crippen LogP contribution >= 0.6 is 0 Å². The van der Waals surface area contributed by atoms with Crippen LogP contribution in [0.1, 0.15) is 79.0 Å². The number of rotatable bonds is 11. The molecule has 12 heteroatoms. The number of carbonyl (C=O) groups is 1. The zero-order valence-corrected chi connectivity index (χ0v) is 30.4. The number of ether oxygens (including phenoxy) is 2. The zero-order valence-electron chi connectivity index (χ0n) is 28.6. The van der Waals surface area contributed by atoms with Crippen LogP contribution in [0.2, 0.25) is 16.6 Å². The van der Waals surface area contributed by atoms with Gasteiger partial charge in [0.25, 0.3) is 5.91 Å². The van der Waals surface area contributed by atoms with Gasteiger partial charge < -0.3 is 18.9 Å². The average molecular weight is 671 g/mol. The highest BCUT2D eigenvalue weighted by atomic mass is 32.2. The molecule has 2 aliphatic heterocycles. The molecule has 0 spiro atoms. The summed E-state index contributed by atoms with van der Waals surface area (Å²) in [6.07, 6.45) is 2.61. The fraction of sp³-hybridized carbons (Fsp3) is 0.618. The summed E-state index contributed by atoms with van der Waals surface area (Å²) in [5, 5.41) is 0. The first-order valence-corrected chi connectivity index (χ1v) is 20.6. The van der Waals surface area contributed by atoms with E-state index >= 15 is 0 Å². The summed E-state index contributed by atoms with van der Waals surface area (Å²) in [6.45, 7) is 17.2. The van der Waals surface area contributed by atoms with Crippen molar-refractivity contribution in [1.29, 1.82) is 0 Å². The smallest absolute Gasteiger partial charge is 0.254 e. The fourth-order valence-electron chi connectivity index (χ4n) is 7.84.